The van der Waals surface area contributed by atoms with Crippen molar-refractivity contribution in [2.75, 3.05) is 0 Å². The number of esters is 1. The second-order valence-corrected chi connectivity index (χ2v) is 4.89. The molecule has 0 amide bonds. The average molecular weight is 236 g/mol. The number of aryl methyl sites for hydroxylation is 1. The first-order valence-electron chi connectivity index (χ1n) is 6.36. The van der Waals surface area contributed by atoms with Gasteiger partial charge >= 0.3 is 5.97 Å². The quantitative estimate of drug-likeness (QED) is 0.754. The van der Waals surface area contributed by atoms with Gasteiger partial charge in [-0.3, -0.25) is 4.79 Å². The van der Waals surface area contributed by atoms with Gasteiger partial charge in [0.05, 0.1) is 24.1 Å². The molecular weight excluding hydrogens is 216 g/mol. The van der Waals surface area contributed by atoms with Crippen molar-refractivity contribution < 1.29 is 9.53 Å². The molecule has 0 radical (unpaired) electrons. The highest BCUT2D eigenvalue weighted by atomic mass is 16.5. The van der Waals surface area contributed by atoms with Crippen LogP contribution in [0.5, 0.6) is 0 Å². The molecule has 4 nitrogen and oxygen atoms in total. The number of ether oxygens (including phenoxy) is 1. The van der Waals surface area contributed by atoms with E-state index in [0.717, 1.165) is 31.5 Å². The van der Waals surface area contributed by atoms with Crippen LogP contribution in [0.15, 0.2) is 12.5 Å². The molecule has 2 rings (SSSR count). The molecule has 2 unspecified atom stereocenters. The second-order valence-electron chi connectivity index (χ2n) is 4.89. The Kier molecular flexibility index (Phi) is 3.82. The summed E-state index contributed by atoms with van der Waals surface area (Å²) >= 11 is 0. The fourth-order valence-electron chi connectivity index (χ4n) is 2.44. The summed E-state index contributed by atoms with van der Waals surface area (Å²) in [6, 6.07) is 0. The Hall–Kier alpha value is -1.32. The highest BCUT2D eigenvalue weighted by Crippen LogP contribution is 2.31. The zero-order chi connectivity index (χ0) is 12.3. The molecule has 1 aliphatic rings. The van der Waals surface area contributed by atoms with E-state index < -0.39 is 0 Å². The first-order valence-corrected chi connectivity index (χ1v) is 6.36. The molecule has 4 heteroatoms. The summed E-state index contributed by atoms with van der Waals surface area (Å²) in [5.41, 5.74) is 0.965. The monoisotopic (exact) mass is 236 g/mol. The number of imidazole rings is 1. The van der Waals surface area contributed by atoms with Crippen LogP contribution in [-0.2, 0) is 22.7 Å². The summed E-state index contributed by atoms with van der Waals surface area (Å²) in [7, 11) is 0. The molecule has 0 spiro atoms. The number of aromatic nitrogens is 2. The van der Waals surface area contributed by atoms with E-state index >= 15 is 0 Å². The first kappa shape index (κ1) is 12.1. The zero-order valence-electron chi connectivity index (χ0n) is 10.6. The molecule has 0 saturated heterocycles. The van der Waals surface area contributed by atoms with E-state index in [1.54, 1.807) is 12.5 Å². The maximum atomic E-state index is 11.8. The molecule has 0 aliphatic heterocycles. The van der Waals surface area contributed by atoms with Crippen LogP contribution in [0.3, 0.4) is 0 Å². The van der Waals surface area contributed by atoms with Crippen LogP contribution in [0.4, 0.5) is 0 Å². The molecule has 1 aliphatic carbocycles. The fourth-order valence-corrected chi connectivity index (χ4v) is 2.44. The summed E-state index contributed by atoms with van der Waals surface area (Å²) in [5, 5.41) is 0. The number of carbonyl (C=O) groups excluding carboxylic acids is 1. The Morgan fingerprint density at radius 1 is 1.59 bits per heavy atom. The predicted octanol–water partition coefficient (Wildman–Crippen LogP) is 2.38. The van der Waals surface area contributed by atoms with Crippen molar-refractivity contribution in [1.29, 1.82) is 0 Å². The number of hydrogen-bond acceptors (Lipinski definition) is 3. The van der Waals surface area contributed by atoms with Crippen LogP contribution in [0, 0.1) is 11.8 Å². The van der Waals surface area contributed by atoms with Crippen molar-refractivity contribution in [1.82, 2.24) is 9.55 Å². The lowest BCUT2D eigenvalue weighted by atomic mass is 10.1. The summed E-state index contributed by atoms with van der Waals surface area (Å²) in [5.74, 6) is 0.731. The van der Waals surface area contributed by atoms with Crippen molar-refractivity contribution in [3.8, 4) is 0 Å². The van der Waals surface area contributed by atoms with Crippen LogP contribution in [0.25, 0.3) is 0 Å². The summed E-state index contributed by atoms with van der Waals surface area (Å²) in [6.07, 6.45) is 6.63. The van der Waals surface area contributed by atoms with Gasteiger partial charge in [0.25, 0.3) is 0 Å². The van der Waals surface area contributed by atoms with Gasteiger partial charge in [-0.25, -0.2) is 4.98 Å². The average Bonchev–Trinajstić information content (AvgIpc) is 2.94. The minimum atomic E-state index is -0.0433. The normalized spacial score (nSPS) is 23.9. The fraction of sp³-hybridized carbons (Fsp3) is 0.692. The van der Waals surface area contributed by atoms with Gasteiger partial charge in [-0.15, -0.1) is 0 Å². The Labute approximate surface area is 102 Å². The van der Waals surface area contributed by atoms with Crippen LogP contribution in [-0.4, -0.2) is 15.5 Å². The highest BCUT2D eigenvalue weighted by Gasteiger charge is 2.28. The van der Waals surface area contributed by atoms with Crippen LogP contribution in [0.1, 0.15) is 38.8 Å². The Balaban J connectivity index is 1.84. The molecule has 94 valence electrons. The summed E-state index contributed by atoms with van der Waals surface area (Å²) in [6.45, 7) is 5.44. The van der Waals surface area contributed by atoms with E-state index in [2.05, 4.69) is 11.9 Å². The van der Waals surface area contributed by atoms with E-state index in [1.807, 2.05) is 11.5 Å². The predicted molar refractivity (Wildman–Crippen MR) is 64.2 cm³/mol. The second kappa shape index (κ2) is 5.34. The van der Waals surface area contributed by atoms with Gasteiger partial charge in [0, 0.05) is 6.54 Å². The maximum absolute atomic E-state index is 11.8. The summed E-state index contributed by atoms with van der Waals surface area (Å²) in [4.78, 5) is 15.9. The van der Waals surface area contributed by atoms with Gasteiger partial charge in [0.1, 0.15) is 6.61 Å². The first-order chi connectivity index (χ1) is 8.20. The van der Waals surface area contributed by atoms with E-state index in [1.165, 1.54) is 0 Å². The molecule has 0 N–H and O–H groups in total. The summed E-state index contributed by atoms with van der Waals surface area (Å²) < 4.78 is 7.35. The van der Waals surface area contributed by atoms with Crippen molar-refractivity contribution in [2.45, 2.75) is 46.3 Å². The standard InChI is InChI=1S/C13H20N2O2/c1-3-15-9-14-7-12(15)8-17-13(16)11-5-4-10(2)6-11/h7,9-11H,3-6,8H2,1-2H3. The molecule has 1 aromatic rings. The molecule has 17 heavy (non-hydrogen) atoms. The molecule has 0 bridgehead atoms. The van der Waals surface area contributed by atoms with Gasteiger partial charge in [0.15, 0.2) is 0 Å². The Morgan fingerprint density at radius 3 is 3.06 bits per heavy atom. The molecule has 1 heterocycles. The van der Waals surface area contributed by atoms with Gasteiger partial charge in [-0.1, -0.05) is 6.92 Å². The largest absolute Gasteiger partial charge is 0.459 e. The van der Waals surface area contributed by atoms with E-state index in [4.69, 9.17) is 4.74 Å². The maximum Gasteiger partial charge on any atom is 0.309 e. The zero-order valence-corrected chi connectivity index (χ0v) is 10.6. The van der Waals surface area contributed by atoms with E-state index in [0.29, 0.717) is 12.5 Å². The third-order valence-corrected chi connectivity index (χ3v) is 3.53. The number of nitrogens with zero attached hydrogens (tertiary/aromatic N) is 2. The van der Waals surface area contributed by atoms with Crippen LogP contribution < -0.4 is 0 Å². The van der Waals surface area contributed by atoms with Gasteiger partial charge < -0.3 is 9.30 Å². The highest BCUT2D eigenvalue weighted by molar-refractivity contribution is 5.72. The Bertz CT molecular complexity index is 387. The van der Waals surface area contributed by atoms with E-state index in [9.17, 15) is 4.79 Å². The number of carbonyl (C=O) groups is 1. The lowest BCUT2D eigenvalue weighted by Crippen LogP contribution is -2.16. The lowest BCUT2D eigenvalue weighted by Gasteiger charge is -2.10. The topological polar surface area (TPSA) is 44.1 Å². The SMILES string of the molecule is CCn1cncc1COC(=O)C1CCC(C)C1. The van der Waals surface area contributed by atoms with Gasteiger partial charge in [-0.2, -0.15) is 0 Å². The minimum Gasteiger partial charge on any atom is -0.459 e. The lowest BCUT2D eigenvalue weighted by molar-refractivity contribution is -0.149. The third kappa shape index (κ3) is 2.87. The molecule has 2 atom stereocenters. The number of rotatable bonds is 4. The van der Waals surface area contributed by atoms with E-state index in [-0.39, 0.29) is 11.9 Å². The van der Waals surface area contributed by atoms with Crippen molar-refractivity contribution in [2.24, 2.45) is 11.8 Å². The number of hydrogen-bond donors (Lipinski definition) is 0. The van der Waals surface area contributed by atoms with Crippen molar-refractivity contribution >= 4 is 5.97 Å². The van der Waals surface area contributed by atoms with Crippen molar-refractivity contribution in [3.63, 3.8) is 0 Å². The van der Waals surface area contributed by atoms with Crippen LogP contribution >= 0.6 is 0 Å². The molecule has 0 aromatic carbocycles. The Morgan fingerprint density at radius 2 is 2.41 bits per heavy atom. The molecule has 1 saturated carbocycles. The van der Waals surface area contributed by atoms with Crippen LogP contribution in [0.2, 0.25) is 0 Å². The smallest absolute Gasteiger partial charge is 0.309 e. The molecular formula is C13H20N2O2. The minimum absolute atomic E-state index is 0.0433. The third-order valence-electron chi connectivity index (χ3n) is 3.53. The van der Waals surface area contributed by atoms with Gasteiger partial charge in [0.2, 0.25) is 0 Å². The van der Waals surface area contributed by atoms with Crippen molar-refractivity contribution in [3.05, 3.63) is 18.2 Å². The van der Waals surface area contributed by atoms with Gasteiger partial charge in [-0.05, 0) is 32.1 Å². The molecule has 1 aromatic heterocycles. The molecule has 1 fully saturated rings.